The normalized spacial score (nSPS) is 11.5. The molecule has 3 N–H and O–H groups in total. The highest BCUT2D eigenvalue weighted by Crippen LogP contribution is 1.95. The van der Waals surface area contributed by atoms with Gasteiger partial charge in [-0.2, -0.15) is 0 Å². The van der Waals surface area contributed by atoms with E-state index in [4.69, 9.17) is 9.84 Å². The van der Waals surface area contributed by atoms with Crippen molar-refractivity contribution in [3.8, 4) is 0 Å². The molecule has 0 aromatic rings. The minimum absolute atomic E-state index is 0.403. The Morgan fingerprint density at radius 2 is 1.89 bits per heavy atom. The summed E-state index contributed by atoms with van der Waals surface area (Å²) in [6.45, 7) is 1.00. The topological polar surface area (TPSA) is 114 Å². The van der Waals surface area contributed by atoms with Crippen molar-refractivity contribution in [1.82, 2.24) is 10.6 Å². The molecular formula is C11H20N2O6. The summed E-state index contributed by atoms with van der Waals surface area (Å²) >= 11 is 0. The van der Waals surface area contributed by atoms with Crippen molar-refractivity contribution in [2.24, 2.45) is 0 Å². The van der Waals surface area contributed by atoms with E-state index in [0.717, 1.165) is 20.0 Å². The highest BCUT2D eigenvalue weighted by molar-refractivity contribution is 5.86. The van der Waals surface area contributed by atoms with E-state index in [1.54, 1.807) is 7.11 Å². The van der Waals surface area contributed by atoms with E-state index < -0.39 is 30.4 Å². The lowest BCUT2D eigenvalue weighted by Crippen LogP contribution is -2.47. The summed E-state index contributed by atoms with van der Waals surface area (Å²) in [4.78, 5) is 33.2. The van der Waals surface area contributed by atoms with Gasteiger partial charge in [0.25, 0.3) is 0 Å². The first-order chi connectivity index (χ1) is 9.01. The van der Waals surface area contributed by atoms with Crippen molar-refractivity contribution in [2.45, 2.75) is 25.3 Å². The highest BCUT2D eigenvalue weighted by atomic mass is 16.5. The molecule has 0 aromatic carbocycles. The summed E-state index contributed by atoms with van der Waals surface area (Å²) in [5.74, 6) is -1.99. The largest absolute Gasteiger partial charge is 0.480 e. The van der Waals surface area contributed by atoms with Crippen molar-refractivity contribution in [3.05, 3.63) is 0 Å². The molecule has 0 saturated carbocycles. The molecule has 19 heavy (non-hydrogen) atoms. The molecule has 0 heterocycles. The molecule has 0 unspecified atom stereocenters. The van der Waals surface area contributed by atoms with Crippen molar-refractivity contribution in [1.29, 1.82) is 0 Å². The Morgan fingerprint density at radius 3 is 2.42 bits per heavy atom. The Kier molecular flexibility index (Phi) is 9.15. The fraction of sp³-hybridized carbons (Fsp3) is 0.727. The summed E-state index contributed by atoms with van der Waals surface area (Å²) in [5, 5.41) is 13.5. The Bertz CT molecular complexity index is 308. The molecule has 0 aromatic heterocycles. The van der Waals surface area contributed by atoms with Gasteiger partial charge < -0.3 is 25.2 Å². The second kappa shape index (κ2) is 10.1. The first-order valence-electron chi connectivity index (χ1n) is 5.84. The van der Waals surface area contributed by atoms with Crippen molar-refractivity contribution in [3.63, 3.8) is 0 Å². The van der Waals surface area contributed by atoms with Gasteiger partial charge >= 0.3 is 18.0 Å². The third-order valence-corrected chi connectivity index (χ3v) is 2.26. The van der Waals surface area contributed by atoms with Gasteiger partial charge in [0.05, 0.1) is 13.5 Å². The predicted octanol–water partition coefficient (Wildman–Crippen LogP) is -0.271. The average molecular weight is 276 g/mol. The zero-order valence-corrected chi connectivity index (χ0v) is 11.1. The molecule has 0 spiro atoms. The number of nitrogens with one attached hydrogen (secondary N) is 2. The average Bonchev–Trinajstić information content (AvgIpc) is 2.37. The molecule has 0 saturated heterocycles. The Balaban J connectivity index is 3.97. The fourth-order valence-electron chi connectivity index (χ4n) is 1.23. The van der Waals surface area contributed by atoms with Crippen LogP contribution in [0.2, 0.25) is 0 Å². The maximum atomic E-state index is 11.4. The number of hydrogen-bond donors (Lipinski definition) is 3. The molecule has 8 nitrogen and oxygen atoms in total. The first-order valence-corrected chi connectivity index (χ1v) is 5.84. The van der Waals surface area contributed by atoms with Crippen LogP contribution in [0.15, 0.2) is 0 Å². The van der Waals surface area contributed by atoms with E-state index >= 15 is 0 Å². The van der Waals surface area contributed by atoms with E-state index in [1.807, 2.05) is 0 Å². The van der Waals surface area contributed by atoms with Gasteiger partial charge in [-0.3, -0.25) is 4.79 Å². The SMILES string of the molecule is COCCCCNC(=O)N[C@@H](CC(=O)OC)C(=O)O. The summed E-state index contributed by atoms with van der Waals surface area (Å²) in [5.41, 5.74) is 0. The number of esters is 1. The van der Waals surface area contributed by atoms with E-state index in [-0.39, 0.29) is 0 Å². The van der Waals surface area contributed by atoms with Crippen LogP contribution in [-0.2, 0) is 19.1 Å². The second-order valence-electron chi connectivity index (χ2n) is 3.77. The maximum Gasteiger partial charge on any atom is 0.326 e. The van der Waals surface area contributed by atoms with Crippen LogP contribution in [0, 0.1) is 0 Å². The Hall–Kier alpha value is -1.83. The van der Waals surface area contributed by atoms with Crippen LogP contribution in [0.5, 0.6) is 0 Å². The van der Waals surface area contributed by atoms with Gasteiger partial charge in [0.1, 0.15) is 6.04 Å². The van der Waals surface area contributed by atoms with Crippen LogP contribution < -0.4 is 10.6 Å². The number of ether oxygens (including phenoxy) is 2. The van der Waals surface area contributed by atoms with Gasteiger partial charge in [0.2, 0.25) is 0 Å². The van der Waals surface area contributed by atoms with Crippen molar-refractivity contribution in [2.75, 3.05) is 27.4 Å². The first kappa shape index (κ1) is 17.2. The zero-order valence-electron chi connectivity index (χ0n) is 11.1. The third kappa shape index (κ3) is 8.83. The third-order valence-electron chi connectivity index (χ3n) is 2.26. The van der Waals surface area contributed by atoms with Crippen LogP contribution in [0.1, 0.15) is 19.3 Å². The number of carboxylic acid groups (broad SMARTS) is 1. The van der Waals surface area contributed by atoms with Crippen molar-refractivity contribution < 1.29 is 29.0 Å². The molecule has 1 atom stereocenters. The number of amides is 2. The molecular weight excluding hydrogens is 256 g/mol. The van der Waals surface area contributed by atoms with Crippen molar-refractivity contribution >= 4 is 18.0 Å². The van der Waals surface area contributed by atoms with Crippen LogP contribution in [-0.4, -0.2) is 56.5 Å². The maximum absolute atomic E-state index is 11.4. The highest BCUT2D eigenvalue weighted by Gasteiger charge is 2.23. The molecule has 0 fully saturated rings. The summed E-state index contributed by atoms with van der Waals surface area (Å²) < 4.78 is 9.19. The van der Waals surface area contributed by atoms with Gasteiger partial charge in [0, 0.05) is 20.3 Å². The number of unbranched alkanes of at least 4 members (excludes halogenated alkanes) is 1. The monoisotopic (exact) mass is 276 g/mol. The summed E-state index contributed by atoms with van der Waals surface area (Å²) in [6, 6.07) is -1.93. The van der Waals surface area contributed by atoms with Gasteiger partial charge in [-0.1, -0.05) is 0 Å². The van der Waals surface area contributed by atoms with E-state index in [0.29, 0.717) is 13.2 Å². The molecule has 0 bridgehead atoms. The number of hydrogen-bond acceptors (Lipinski definition) is 5. The lowest BCUT2D eigenvalue weighted by Gasteiger charge is -2.14. The molecule has 0 aliphatic heterocycles. The lowest BCUT2D eigenvalue weighted by atomic mass is 10.2. The molecule has 0 rings (SSSR count). The number of rotatable bonds is 9. The minimum Gasteiger partial charge on any atom is -0.480 e. The number of methoxy groups -OCH3 is 2. The summed E-state index contributed by atoms with van der Waals surface area (Å²) in [6.07, 6.45) is 1.10. The molecule has 2 amide bonds. The summed E-state index contributed by atoms with van der Waals surface area (Å²) in [7, 11) is 2.74. The second-order valence-corrected chi connectivity index (χ2v) is 3.77. The molecule has 0 aliphatic carbocycles. The van der Waals surface area contributed by atoms with E-state index in [9.17, 15) is 14.4 Å². The quantitative estimate of drug-likeness (QED) is 0.394. The number of urea groups is 1. The van der Waals surface area contributed by atoms with Gasteiger partial charge in [-0.15, -0.1) is 0 Å². The standard InChI is InChI=1S/C11H20N2O6/c1-18-6-4-3-5-12-11(17)13-8(10(15)16)7-9(14)19-2/h8H,3-7H2,1-2H3,(H,15,16)(H2,12,13,17)/t8-/m0/s1. The van der Waals surface area contributed by atoms with Gasteiger partial charge in [0.15, 0.2) is 0 Å². The Morgan fingerprint density at radius 1 is 1.21 bits per heavy atom. The smallest absolute Gasteiger partial charge is 0.326 e. The Labute approximate surface area is 111 Å². The molecule has 110 valence electrons. The lowest BCUT2D eigenvalue weighted by molar-refractivity contribution is -0.147. The van der Waals surface area contributed by atoms with Crippen LogP contribution in [0.25, 0.3) is 0 Å². The van der Waals surface area contributed by atoms with Crippen LogP contribution in [0.3, 0.4) is 0 Å². The van der Waals surface area contributed by atoms with E-state index in [2.05, 4.69) is 15.4 Å². The van der Waals surface area contributed by atoms with E-state index in [1.165, 1.54) is 0 Å². The number of carboxylic acids is 1. The molecule has 0 aliphatic rings. The number of carbonyl (C=O) groups is 3. The minimum atomic E-state index is -1.30. The van der Waals surface area contributed by atoms with Crippen LogP contribution >= 0.6 is 0 Å². The number of carbonyl (C=O) groups excluding carboxylic acids is 2. The fourth-order valence-corrected chi connectivity index (χ4v) is 1.23. The molecule has 0 radical (unpaired) electrons. The zero-order chi connectivity index (χ0) is 14.7. The van der Waals surface area contributed by atoms with Gasteiger partial charge in [-0.25, -0.2) is 9.59 Å². The predicted molar refractivity (Wildman–Crippen MR) is 65.7 cm³/mol. The van der Waals surface area contributed by atoms with Crippen LogP contribution in [0.4, 0.5) is 4.79 Å². The molecule has 8 heteroatoms. The number of aliphatic carboxylic acids is 1. The van der Waals surface area contributed by atoms with Gasteiger partial charge in [-0.05, 0) is 12.8 Å².